The molecule has 1 fully saturated rings. The van der Waals surface area contributed by atoms with Crippen molar-refractivity contribution in [1.29, 1.82) is 0 Å². The number of likely N-dealkylation sites (tertiary alicyclic amines) is 1. The first-order valence-corrected chi connectivity index (χ1v) is 13.2. The fourth-order valence-electron chi connectivity index (χ4n) is 4.58. The number of aryl methyl sites for hydroxylation is 1. The molecule has 0 radical (unpaired) electrons. The number of ketones is 1. The molecule has 3 N–H and O–H groups in total. The molecular weight excluding hydrogens is 492 g/mol. The summed E-state index contributed by atoms with van der Waals surface area (Å²) in [4.78, 5) is 57.4. The number of hydrogen-bond donors (Lipinski definition) is 3. The van der Waals surface area contributed by atoms with Gasteiger partial charge in [-0.25, -0.2) is 4.98 Å². The van der Waals surface area contributed by atoms with Gasteiger partial charge in [-0.15, -0.1) is 11.3 Å². The van der Waals surface area contributed by atoms with Gasteiger partial charge in [-0.2, -0.15) is 0 Å². The molecule has 0 aliphatic carbocycles. The Morgan fingerprint density at radius 1 is 1.14 bits per heavy atom. The van der Waals surface area contributed by atoms with Crippen LogP contribution >= 0.6 is 11.3 Å². The minimum Gasteiger partial charge on any atom is -0.391 e. The first-order chi connectivity index (χ1) is 17.3. The summed E-state index contributed by atoms with van der Waals surface area (Å²) in [5, 5.41) is 16.0. The predicted molar refractivity (Wildman–Crippen MR) is 142 cm³/mol. The Morgan fingerprint density at radius 3 is 2.30 bits per heavy atom. The number of nitrogens with one attached hydrogen (secondary N) is 2. The molecule has 2 heterocycles. The Hall–Kier alpha value is -3.11. The lowest BCUT2D eigenvalue weighted by Crippen LogP contribution is -2.57. The van der Waals surface area contributed by atoms with Gasteiger partial charge in [0.1, 0.15) is 17.9 Å². The van der Waals surface area contributed by atoms with Gasteiger partial charge in [0.25, 0.3) is 0 Å². The van der Waals surface area contributed by atoms with Gasteiger partial charge in [0.2, 0.25) is 17.7 Å². The van der Waals surface area contributed by atoms with Crippen LogP contribution in [0.3, 0.4) is 0 Å². The van der Waals surface area contributed by atoms with E-state index in [1.165, 1.54) is 18.7 Å². The van der Waals surface area contributed by atoms with Gasteiger partial charge in [0.05, 0.1) is 28.2 Å². The Kier molecular flexibility index (Phi) is 8.86. The van der Waals surface area contributed by atoms with Gasteiger partial charge in [0.15, 0.2) is 0 Å². The highest BCUT2D eigenvalue weighted by Crippen LogP contribution is 2.30. The van der Waals surface area contributed by atoms with Crippen LogP contribution in [0.25, 0.3) is 10.4 Å². The zero-order valence-corrected chi connectivity index (χ0v) is 23.0. The van der Waals surface area contributed by atoms with Gasteiger partial charge in [-0.05, 0) is 30.4 Å². The monoisotopic (exact) mass is 528 g/mol. The number of aliphatic hydroxyl groups excluding tert-OH is 1. The first-order valence-electron chi connectivity index (χ1n) is 12.3. The molecule has 1 aliphatic heterocycles. The maximum atomic E-state index is 13.5. The molecular formula is C27H36N4O5S. The Labute approximate surface area is 221 Å². The molecule has 3 rings (SSSR count). The average molecular weight is 529 g/mol. The van der Waals surface area contributed by atoms with Crippen molar-refractivity contribution in [3.8, 4) is 10.4 Å². The number of aromatic nitrogens is 1. The number of thiazole rings is 1. The van der Waals surface area contributed by atoms with Crippen LogP contribution in [0.15, 0.2) is 29.8 Å². The van der Waals surface area contributed by atoms with Gasteiger partial charge in [-0.1, -0.05) is 45.0 Å². The number of Topliss-reactive ketones (excluding diaryl/α,β-unsaturated/α-hetero) is 1. The number of hydrogen-bond acceptors (Lipinski definition) is 7. The number of aliphatic hydroxyl groups is 1. The fourth-order valence-corrected chi connectivity index (χ4v) is 5.39. The minimum absolute atomic E-state index is 0.0106. The van der Waals surface area contributed by atoms with Crippen molar-refractivity contribution < 1.29 is 24.3 Å². The second kappa shape index (κ2) is 11.5. The number of β-amino-alcohol motifs (C(OH)–C–C–N with tert-alkyl or cyclic N) is 1. The molecule has 9 nitrogen and oxygen atoms in total. The fraction of sp³-hybridized carbons (Fsp3) is 0.519. The number of carbonyl (C=O) groups excluding carboxylic acids is 4. The van der Waals surface area contributed by atoms with Crippen molar-refractivity contribution in [2.45, 2.75) is 78.6 Å². The van der Waals surface area contributed by atoms with Crippen molar-refractivity contribution in [3.05, 3.63) is 41.0 Å². The molecule has 4 atom stereocenters. The number of amides is 3. The molecule has 1 aliphatic rings. The predicted octanol–water partition coefficient (Wildman–Crippen LogP) is 2.77. The molecule has 2 aromatic rings. The van der Waals surface area contributed by atoms with E-state index in [0.717, 1.165) is 21.7 Å². The van der Waals surface area contributed by atoms with Crippen molar-refractivity contribution in [3.63, 3.8) is 0 Å². The van der Waals surface area contributed by atoms with Gasteiger partial charge in [0, 0.05) is 26.3 Å². The zero-order valence-electron chi connectivity index (χ0n) is 22.2. The number of rotatable bonds is 8. The highest BCUT2D eigenvalue weighted by atomic mass is 32.1. The SMILES string of the molecule is CC(=O)C[C@H](NC(=O)[C@@H]1C[C@@H](O)CN1C(=O)[C@@H](NC(C)=O)C(C)(C)C)c1ccc(-c2scnc2C)cc1. The zero-order chi connectivity index (χ0) is 27.5. The molecule has 0 unspecified atom stereocenters. The van der Waals surface area contributed by atoms with E-state index in [9.17, 15) is 24.3 Å². The summed E-state index contributed by atoms with van der Waals surface area (Å²) in [6, 6.07) is 5.25. The lowest BCUT2D eigenvalue weighted by atomic mass is 9.85. The second-order valence-electron chi connectivity index (χ2n) is 10.8. The van der Waals surface area contributed by atoms with Crippen LogP contribution in [0.4, 0.5) is 0 Å². The van der Waals surface area contributed by atoms with Crippen molar-refractivity contribution >= 4 is 34.8 Å². The van der Waals surface area contributed by atoms with Crippen LogP contribution < -0.4 is 10.6 Å². The molecule has 37 heavy (non-hydrogen) atoms. The third-order valence-electron chi connectivity index (χ3n) is 6.45. The number of benzene rings is 1. The van der Waals surface area contributed by atoms with E-state index in [0.29, 0.717) is 0 Å². The van der Waals surface area contributed by atoms with E-state index < -0.39 is 41.5 Å². The molecule has 1 saturated heterocycles. The smallest absolute Gasteiger partial charge is 0.246 e. The summed E-state index contributed by atoms with van der Waals surface area (Å²) in [7, 11) is 0. The van der Waals surface area contributed by atoms with Gasteiger partial charge < -0.3 is 20.6 Å². The summed E-state index contributed by atoms with van der Waals surface area (Å²) in [5.74, 6) is -1.32. The van der Waals surface area contributed by atoms with Crippen LogP contribution in [0.2, 0.25) is 0 Å². The summed E-state index contributed by atoms with van der Waals surface area (Å²) >= 11 is 1.54. The quantitative estimate of drug-likeness (QED) is 0.483. The molecule has 0 saturated carbocycles. The normalized spacial score (nSPS) is 19.3. The maximum Gasteiger partial charge on any atom is 0.246 e. The molecule has 0 spiro atoms. The Morgan fingerprint density at radius 2 is 1.78 bits per heavy atom. The van der Waals surface area contributed by atoms with Crippen molar-refractivity contribution in [2.75, 3.05) is 6.54 Å². The average Bonchev–Trinajstić information content (AvgIpc) is 3.41. The molecule has 10 heteroatoms. The topological polar surface area (TPSA) is 129 Å². The third-order valence-corrected chi connectivity index (χ3v) is 7.43. The van der Waals surface area contributed by atoms with Crippen molar-refractivity contribution in [2.24, 2.45) is 5.41 Å². The standard InChI is InChI=1S/C27H36N4O5S/c1-15(32)11-21(18-7-9-19(10-8-18)23-16(2)28-14-37-23)30-25(35)22-12-20(34)13-31(22)26(36)24(27(4,5)6)29-17(3)33/h7-10,14,20-22,24,34H,11-13H2,1-6H3,(H,29,33)(H,30,35)/t20-,21+,22+,24-/m1/s1. The maximum absolute atomic E-state index is 13.5. The second-order valence-corrected chi connectivity index (χ2v) is 11.6. The summed E-state index contributed by atoms with van der Waals surface area (Å²) in [6.45, 7) is 10.2. The highest BCUT2D eigenvalue weighted by molar-refractivity contribution is 7.13. The Balaban J connectivity index is 1.83. The molecule has 1 aromatic heterocycles. The van der Waals surface area contributed by atoms with Crippen LogP contribution in [0.1, 0.15) is 64.8 Å². The summed E-state index contributed by atoms with van der Waals surface area (Å²) in [5.41, 5.74) is 3.88. The van der Waals surface area contributed by atoms with Gasteiger partial charge >= 0.3 is 0 Å². The van der Waals surface area contributed by atoms with E-state index in [1.807, 2.05) is 52.0 Å². The van der Waals surface area contributed by atoms with Crippen LogP contribution in [-0.4, -0.2) is 63.2 Å². The first kappa shape index (κ1) is 28.5. The molecule has 3 amide bonds. The summed E-state index contributed by atoms with van der Waals surface area (Å²) in [6.07, 6.45) is -0.708. The Bertz CT molecular complexity index is 1150. The minimum atomic E-state index is -0.922. The van der Waals surface area contributed by atoms with E-state index >= 15 is 0 Å². The van der Waals surface area contributed by atoms with E-state index in [4.69, 9.17) is 0 Å². The number of carbonyl (C=O) groups is 4. The lowest BCUT2D eigenvalue weighted by Gasteiger charge is -2.35. The molecule has 1 aromatic carbocycles. The summed E-state index contributed by atoms with van der Waals surface area (Å²) < 4.78 is 0. The highest BCUT2D eigenvalue weighted by Gasteiger charge is 2.44. The van der Waals surface area contributed by atoms with Crippen LogP contribution in [-0.2, 0) is 19.2 Å². The van der Waals surface area contributed by atoms with E-state index in [1.54, 1.807) is 16.8 Å². The molecule has 0 bridgehead atoms. The third kappa shape index (κ3) is 7.01. The molecule has 200 valence electrons. The number of nitrogens with zero attached hydrogens (tertiary/aromatic N) is 2. The van der Waals surface area contributed by atoms with Crippen LogP contribution in [0, 0.1) is 12.3 Å². The van der Waals surface area contributed by atoms with E-state index in [-0.39, 0.29) is 31.1 Å². The van der Waals surface area contributed by atoms with Crippen LogP contribution in [0.5, 0.6) is 0 Å². The lowest BCUT2D eigenvalue weighted by molar-refractivity contribution is -0.144. The van der Waals surface area contributed by atoms with E-state index in [2.05, 4.69) is 15.6 Å². The largest absolute Gasteiger partial charge is 0.391 e. The van der Waals surface area contributed by atoms with Crippen molar-refractivity contribution in [1.82, 2.24) is 20.5 Å². The van der Waals surface area contributed by atoms with Gasteiger partial charge in [-0.3, -0.25) is 19.2 Å².